The Morgan fingerprint density at radius 2 is 1.56 bits per heavy atom. The summed E-state index contributed by atoms with van der Waals surface area (Å²) in [5, 5.41) is 1.44. The first-order valence-electron chi connectivity index (χ1n) is 10.2. The highest BCUT2D eigenvalue weighted by atomic mass is 28.4. The lowest BCUT2D eigenvalue weighted by molar-refractivity contribution is 0.263. The number of hydrogen-bond donors (Lipinski definition) is 0. The molecule has 1 unspecified atom stereocenters. The van der Waals surface area contributed by atoms with Gasteiger partial charge in [0.1, 0.15) is 18.5 Å². The molecule has 1 saturated heterocycles. The van der Waals surface area contributed by atoms with E-state index in [4.69, 9.17) is 13.9 Å². The summed E-state index contributed by atoms with van der Waals surface area (Å²) in [6.45, 7) is 9.21. The molecule has 142 valence electrons. The van der Waals surface area contributed by atoms with Crippen molar-refractivity contribution in [1.82, 2.24) is 0 Å². The molecule has 0 spiro atoms. The van der Waals surface area contributed by atoms with Gasteiger partial charge in [0.2, 0.25) is 8.32 Å². The summed E-state index contributed by atoms with van der Waals surface area (Å²) in [7, 11) is -1.89. The second-order valence-electron chi connectivity index (χ2n) is 7.19. The first kappa shape index (κ1) is 20.5. The topological polar surface area (TPSA) is 31.0 Å². The molecular formula is C21H36O3Si. The quantitative estimate of drug-likeness (QED) is 0.263. The molecule has 0 aromatic heterocycles. The van der Waals surface area contributed by atoms with Crippen molar-refractivity contribution in [3.63, 3.8) is 0 Å². The Bertz CT molecular complexity index is 463. The summed E-state index contributed by atoms with van der Waals surface area (Å²) < 4.78 is 17.7. The molecule has 1 fully saturated rings. The van der Waals surface area contributed by atoms with Gasteiger partial charge in [0, 0.05) is 6.61 Å². The molecule has 1 aliphatic rings. The third-order valence-corrected chi connectivity index (χ3v) is 9.43. The van der Waals surface area contributed by atoms with Crippen LogP contribution in [0.4, 0.5) is 0 Å². The van der Waals surface area contributed by atoms with Crippen LogP contribution in [0.2, 0.25) is 12.1 Å². The highest BCUT2D eigenvalue weighted by Gasteiger charge is 2.36. The van der Waals surface area contributed by atoms with Crippen LogP contribution in [0, 0.1) is 0 Å². The number of benzene rings is 1. The SMILES string of the molecule is CCCCO[Si](CCCC)(CCCC)c1ccc(OCC2CO2)cc1. The number of rotatable bonds is 14. The van der Waals surface area contributed by atoms with Gasteiger partial charge in [-0.2, -0.15) is 0 Å². The fourth-order valence-corrected chi connectivity index (χ4v) is 7.63. The lowest BCUT2D eigenvalue weighted by Crippen LogP contribution is -2.51. The molecule has 1 atom stereocenters. The molecule has 2 rings (SSSR count). The van der Waals surface area contributed by atoms with Crippen LogP contribution >= 0.6 is 0 Å². The maximum absolute atomic E-state index is 6.69. The molecule has 3 nitrogen and oxygen atoms in total. The zero-order valence-corrected chi connectivity index (χ0v) is 17.4. The van der Waals surface area contributed by atoms with Gasteiger partial charge >= 0.3 is 0 Å². The largest absolute Gasteiger partial charge is 0.491 e. The van der Waals surface area contributed by atoms with Crippen molar-refractivity contribution in [2.24, 2.45) is 0 Å². The predicted molar refractivity (Wildman–Crippen MR) is 107 cm³/mol. The zero-order valence-electron chi connectivity index (χ0n) is 16.4. The van der Waals surface area contributed by atoms with E-state index in [9.17, 15) is 0 Å². The summed E-state index contributed by atoms with van der Waals surface area (Å²) in [5.41, 5.74) is 0. The molecular weight excluding hydrogens is 328 g/mol. The monoisotopic (exact) mass is 364 g/mol. The van der Waals surface area contributed by atoms with Crippen LogP contribution in [0.25, 0.3) is 0 Å². The van der Waals surface area contributed by atoms with Crippen molar-refractivity contribution in [1.29, 1.82) is 0 Å². The summed E-state index contributed by atoms with van der Waals surface area (Å²) in [5.74, 6) is 0.946. The Kier molecular flexibility index (Phi) is 9.00. The normalized spacial score (nSPS) is 16.8. The first-order chi connectivity index (χ1) is 12.2. The predicted octanol–water partition coefficient (Wildman–Crippen LogP) is 5.03. The maximum Gasteiger partial charge on any atom is 0.224 e. The zero-order chi connectivity index (χ0) is 18.0. The lowest BCUT2D eigenvalue weighted by Gasteiger charge is -2.32. The van der Waals surface area contributed by atoms with E-state index in [1.807, 2.05) is 0 Å². The van der Waals surface area contributed by atoms with E-state index in [1.165, 1.54) is 49.4 Å². The first-order valence-corrected chi connectivity index (χ1v) is 12.5. The second kappa shape index (κ2) is 11.0. The van der Waals surface area contributed by atoms with Gasteiger partial charge in [0.05, 0.1) is 6.61 Å². The van der Waals surface area contributed by atoms with Crippen LogP contribution in [0.3, 0.4) is 0 Å². The van der Waals surface area contributed by atoms with E-state index in [-0.39, 0.29) is 0 Å². The smallest absolute Gasteiger partial charge is 0.224 e. The molecule has 0 amide bonds. The molecule has 1 aromatic carbocycles. The summed E-state index contributed by atoms with van der Waals surface area (Å²) in [6, 6.07) is 11.3. The van der Waals surface area contributed by atoms with Crippen LogP contribution in [0.15, 0.2) is 24.3 Å². The summed E-state index contributed by atoms with van der Waals surface area (Å²) in [6.07, 6.45) is 7.66. The van der Waals surface area contributed by atoms with Crippen molar-refractivity contribution < 1.29 is 13.9 Å². The van der Waals surface area contributed by atoms with Gasteiger partial charge in [-0.15, -0.1) is 0 Å². The Morgan fingerprint density at radius 1 is 0.960 bits per heavy atom. The van der Waals surface area contributed by atoms with E-state index in [0.717, 1.165) is 25.4 Å². The van der Waals surface area contributed by atoms with Crippen molar-refractivity contribution in [3.05, 3.63) is 24.3 Å². The molecule has 1 aliphatic heterocycles. The average Bonchev–Trinajstić information content (AvgIpc) is 3.47. The van der Waals surface area contributed by atoms with E-state index >= 15 is 0 Å². The van der Waals surface area contributed by atoms with Gasteiger partial charge in [-0.1, -0.05) is 65.0 Å². The van der Waals surface area contributed by atoms with Crippen LogP contribution in [-0.4, -0.2) is 34.2 Å². The minimum atomic E-state index is -1.89. The Morgan fingerprint density at radius 3 is 2.08 bits per heavy atom. The van der Waals surface area contributed by atoms with Crippen LogP contribution in [0.1, 0.15) is 59.3 Å². The molecule has 1 heterocycles. The average molecular weight is 365 g/mol. The number of epoxide rings is 1. The maximum atomic E-state index is 6.69. The molecule has 25 heavy (non-hydrogen) atoms. The Labute approximate surface area is 155 Å². The van der Waals surface area contributed by atoms with Crippen LogP contribution in [0.5, 0.6) is 5.75 Å². The van der Waals surface area contributed by atoms with Gasteiger partial charge in [0.25, 0.3) is 0 Å². The molecule has 0 radical (unpaired) electrons. The molecule has 0 N–H and O–H groups in total. The van der Waals surface area contributed by atoms with Crippen molar-refractivity contribution in [2.45, 2.75) is 77.5 Å². The van der Waals surface area contributed by atoms with Crippen molar-refractivity contribution in [2.75, 3.05) is 19.8 Å². The van der Waals surface area contributed by atoms with Gasteiger partial charge in [0.15, 0.2) is 0 Å². The van der Waals surface area contributed by atoms with Gasteiger partial charge in [-0.3, -0.25) is 0 Å². The molecule has 4 heteroatoms. The van der Waals surface area contributed by atoms with Crippen LogP contribution < -0.4 is 9.92 Å². The second-order valence-corrected chi connectivity index (χ2v) is 11.0. The number of ether oxygens (including phenoxy) is 2. The van der Waals surface area contributed by atoms with E-state index in [2.05, 4.69) is 45.0 Å². The standard InChI is InChI=1S/C21H36O3Si/c1-4-7-14-24-25(15-8-5-2,16-9-6-3)21-12-10-19(11-13-21)22-17-20-18-23-20/h10-13,20H,4-9,14-18H2,1-3H3. The molecule has 0 saturated carbocycles. The minimum absolute atomic E-state index is 0.305. The highest BCUT2D eigenvalue weighted by Crippen LogP contribution is 2.25. The number of unbranched alkanes of at least 4 members (excludes halogenated alkanes) is 3. The lowest BCUT2D eigenvalue weighted by atomic mass is 10.3. The minimum Gasteiger partial charge on any atom is -0.491 e. The number of hydrogen-bond acceptors (Lipinski definition) is 3. The van der Waals surface area contributed by atoms with E-state index in [0.29, 0.717) is 12.7 Å². The third-order valence-electron chi connectivity index (χ3n) is 4.96. The third kappa shape index (κ3) is 6.76. The van der Waals surface area contributed by atoms with Crippen LogP contribution in [-0.2, 0) is 9.16 Å². The van der Waals surface area contributed by atoms with Crippen molar-refractivity contribution in [3.8, 4) is 5.75 Å². The summed E-state index contributed by atoms with van der Waals surface area (Å²) in [4.78, 5) is 0. The highest BCUT2D eigenvalue weighted by molar-refractivity contribution is 6.86. The van der Waals surface area contributed by atoms with E-state index < -0.39 is 8.32 Å². The van der Waals surface area contributed by atoms with Crippen molar-refractivity contribution >= 4 is 13.5 Å². The summed E-state index contributed by atoms with van der Waals surface area (Å²) >= 11 is 0. The Balaban J connectivity index is 2.10. The molecule has 0 bridgehead atoms. The van der Waals surface area contributed by atoms with Gasteiger partial charge < -0.3 is 13.9 Å². The fourth-order valence-electron chi connectivity index (χ4n) is 3.19. The molecule has 1 aromatic rings. The van der Waals surface area contributed by atoms with E-state index in [1.54, 1.807) is 0 Å². The molecule has 0 aliphatic carbocycles. The fraction of sp³-hybridized carbons (Fsp3) is 0.714. The van der Waals surface area contributed by atoms with Gasteiger partial charge in [-0.25, -0.2) is 0 Å². The Hall–Kier alpha value is -0.843. The van der Waals surface area contributed by atoms with Gasteiger partial charge in [-0.05, 0) is 35.8 Å².